The zero-order valence-electron chi connectivity index (χ0n) is 11.0. The number of ether oxygens (including phenoxy) is 2. The Bertz CT molecular complexity index is 615. The van der Waals surface area contributed by atoms with Crippen molar-refractivity contribution in [2.45, 2.75) is 6.54 Å². The lowest BCUT2D eigenvalue weighted by molar-refractivity contribution is 0.0606. The Kier molecular flexibility index (Phi) is 4.81. The van der Waals surface area contributed by atoms with Gasteiger partial charge < -0.3 is 14.8 Å². The molecule has 0 bridgehead atoms. The predicted molar refractivity (Wildman–Crippen MR) is 78.8 cm³/mol. The van der Waals surface area contributed by atoms with E-state index in [1.807, 2.05) is 12.1 Å². The number of methoxy groups -OCH3 is 2. The van der Waals surface area contributed by atoms with Gasteiger partial charge in [-0.1, -0.05) is 29.0 Å². The van der Waals surface area contributed by atoms with Gasteiger partial charge in [0, 0.05) is 17.1 Å². The summed E-state index contributed by atoms with van der Waals surface area (Å²) in [5.74, 6) is 0.306. The highest BCUT2D eigenvalue weighted by Gasteiger charge is 2.12. The molecular formula is C13H13ClN2O3S. The molecule has 5 nitrogen and oxygen atoms in total. The van der Waals surface area contributed by atoms with Crippen molar-refractivity contribution in [2.24, 2.45) is 0 Å². The van der Waals surface area contributed by atoms with Crippen molar-refractivity contribution in [3.8, 4) is 5.75 Å². The fourth-order valence-electron chi connectivity index (χ4n) is 1.62. The van der Waals surface area contributed by atoms with Crippen molar-refractivity contribution in [3.05, 3.63) is 39.9 Å². The lowest BCUT2D eigenvalue weighted by Crippen LogP contribution is -2.02. The fourth-order valence-corrected chi connectivity index (χ4v) is 2.58. The monoisotopic (exact) mass is 312 g/mol. The molecule has 2 aromatic rings. The lowest BCUT2D eigenvalue weighted by Gasteiger charge is -2.10. The summed E-state index contributed by atoms with van der Waals surface area (Å²) >= 11 is 7.36. The highest BCUT2D eigenvalue weighted by molar-refractivity contribution is 7.17. The van der Waals surface area contributed by atoms with Gasteiger partial charge in [-0.05, 0) is 12.1 Å². The fraction of sp³-hybridized carbons (Fsp3) is 0.231. The Morgan fingerprint density at radius 2 is 2.25 bits per heavy atom. The van der Waals surface area contributed by atoms with Crippen LogP contribution in [0.15, 0.2) is 24.4 Å². The molecule has 0 atom stereocenters. The highest BCUT2D eigenvalue weighted by atomic mass is 35.5. The second-order valence-corrected chi connectivity index (χ2v) is 5.23. The molecule has 1 aromatic carbocycles. The average molecular weight is 313 g/mol. The Labute approximate surface area is 125 Å². The van der Waals surface area contributed by atoms with Gasteiger partial charge in [-0.3, -0.25) is 0 Å². The number of nitrogens with one attached hydrogen (secondary N) is 1. The zero-order chi connectivity index (χ0) is 14.5. The van der Waals surface area contributed by atoms with Gasteiger partial charge in [-0.25, -0.2) is 9.78 Å². The summed E-state index contributed by atoms with van der Waals surface area (Å²) in [7, 11) is 2.93. The Morgan fingerprint density at radius 3 is 2.95 bits per heavy atom. The summed E-state index contributed by atoms with van der Waals surface area (Å²) in [6, 6.07) is 5.46. The maximum atomic E-state index is 11.3. The standard InChI is InChI=1S/C13H13ClN2O3S/c1-18-10-5-3-4-9(14)8(10)6-15-13-16-7-11(20-13)12(17)19-2/h3-5,7H,6H2,1-2H3,(H,15,16). The second kappa shape index (κ2) is 6.58. The average Bonchev–Trinajstić information content (AvgIpc) is 2.93. The van der Waals surface area contributed by atoms with Crippen molar-refractivity contribution in [2.75, 3.05) is 19.5 Å². The van der Waals surface area contributed by atoms with Gasteiger partial charge in [-0.2, -0.15) is 0 Å². The minimum atomic E-state index is -0.397. The van der Waals surface area contributed by atoms with E-state index in [0.29, 0.717) is 27.3 Å². The molecular weight excluding hydrogens is 300 g/mol. The first-order valence-electron chi connectivity index (χ1n) is 5.75. The molecule has 1 N–H and O–H groups in total. The van der Waals surface area contributed by atoms with E-state index in [0.717, 1.165) is 5.56 Å². The molecule has 0 unspecified atom stereocenters. The normalized spacial score (nSPS) is 10.2. The van der Waals surface area contributed by atoms with Gasteiger partial charge in [0.15, 0.2) is 5.13 Å². The van der Waals surface area contributed by atoms with Crippen LogP contribution in [0.1, 0.15) is 15.2 Å². The third-order valence-corrected chi connectivity index (χ3v) is 3.89. The van der Waals surface area contributed by atoms with Crippen molar-refractivity contribution in [3.63, 3.8) is 0 Å². The van der Waals surface area contributed by atoms with Crippen LogP contribution in [-0.2, 0) is 11.3 Å². The molecule has 0 amide bonds. The molecule has 0 saturated carbocycles. The van der Waals surface area contributed by atoms with Crippen molar-refractivity contribution in [1.29, 1.82) is 0 Å². The summed E-state index contributed by atoms with van der Waals surface area (Å²) in [5.41, 5.74) is 0.839. The molecule has 20 heavy (non-hydrogen) atoms. The first-order chi connectivity index (χ1) is 9.65. The van der Waals surface area contributed by atoms with Gasteiger partial charge in [0.1, 0.15) is 10.6 Å². The van der Waals surface area contributed by atoms with Gasteiger partial charge in [0.05, 0.1) is 20.4 Å². The molecule has 7 heteroatoms. The first-order valence-corrected chi connectivity index (χ1v) is 6.94. The maximum absolute atomic E-state index is 11.3. The lowest BCUT2D eigenvalue weighted by atomic mass is 10.2. The van der Waals surface area contributed by atoms with Crippen LogP contribution in [0.3, 0.4) is 0 Å². The van der Waals surface area contributed by atoms with Crippen LogP contribution in [0.2, 0.25) is 5.02 Å². The van der Waals surface area contributed by atoms with Gasteiger partial charge in [-0.15, -0.1) is 0 Å². The number of carbonyl (C=O) groups is 1. The third-order valence-electron chi connectivity index (χ3n) is 2.60. The molecule has 0 spiro atoms. The van der Waals surface area contributed by atoms with Crippen LogP contribution in [0, 0.1) is 0 Å². The number of hydrogen-bond acceptors (Lipinski definition) is 6. The van der Waals surface area contributed by atoms with Crippen LogP contribution >= 0.6 is 22.9 Å². The number of aromatic nitrogens is 1. The van der Waals surface area contributed by atoms with Crippen LogP contribution in [0.25, 0.3) is 0 Å². The van der Waals surface area contributed by atoms with Gasteiger partial charge in [0.25, 0.3) is 0 Å². The van der Waals surface area contributed by atoms with E-state index >= 15 is 0 Å². The molecule has 1 aromatic heterocycles. The topological polar surface area (TPSA) is 60.5 Å². The van der Waals surface area contributed by atoms with Crippen molar-refractivity contribution < 1.29 is 14.3 Å². The van der Waals surface area contributed by atoms with E-state index in [1.54, 1.807) is 13.2 Å². The van der Waals surface area contributed by atoms with Crippen LogP contribution < -0.4 is 10.1 Å². The summed E-state index contributed by atoms with van der Waals surface area (Å²) in [4.78, 5) is 15.9. The van der Waals surface area contributed by atoms with E-state index in [9.17, 15) is 4.79 Å². The summed E-state index contributed by atoms with van der Waals surface area (Å²) in [6.45, 7) is 0.455. The first kappa shape index (κ1) is 14.6. The van der Waals surface area contributed by atoms with E-state index in [1.165, 1.54) is 24.6 Å². The molecule has 0 aliphatic rings. The Morgan fingerprint density at radius 1 is 1.45 bits per heavy atom. The SMILES string of the molecule is COC(=O)c1cnc(NCc2c(Cl)cccc2OC)s1. The number of hydrogen-bond donors (Lipinski definition) is 1. The zero-order valence-corrected chi connectivity index (χ0v) is 12.5. The molecule has 0 aliphatic carbocycles. The molecule has 106 valence electrons. The minimum Gasteiger partial charge on any atom is -0.496 e. The Balaban J connectivity index is 2.09. The van der Waals surface area contributed by atoms with Crippen molar-refractivity contribution >= 4 is 34.0 Å². The number of halogens is 1. The second-order valence-electron chi connectivity index (χ2n) is 3.80. The van der Waals surface area contributed by atoms with E-state index in [2.05, 4.69) is 15.0 Å². The number of nitrogens with zero attached hydrogens (tertiary/aromatic N) is 1. The van der Waals surface area contributed by atoms with Crippen LogP contribution in [0.5, 0.6) is 5.75 Å². The van der Waals surface area contributed by atoms with Crippen molar-refractivity contribution in [1.82, 2.24) is 4.98 Å². The molecule has 1 heterocycles. The molecule has 0 aliphatic heterocycles. The molecule has 0 radical (unpaired) electrons. The largest absolute Gasteiger partial charge is 0.496 e. The number of esters is 1. The quantitative estimate of drug-likeness (QED) is 0.859. The molecule has 0 saturated heterocycles. The number of anilines is 1. The van der Waals surface area contributed by atoms with Crippen LogP contribution in [-0.4, -0.2) is 25.2 Å². The predicted octanol–water partition coefficient (Wildman–Crippen LogP) is 3.20. The molecule has 2 rings (SSSR count). The van der Waals surface area contributed by atoms with E-state index in [4.69, 9.17) is 16.3 Å². The van der Waals surface area contributed by atoms with Crippen LogP contribution in [0.4, 0.5) is 5.13 Å². The number of carbonyl (C=O) groups excluding carboxylic acids is 1. The minimum absolute atomic E-state index is 0.397. The third kappa shape index (κ3) is 3.20. The summed E-state index contributed by atoms with van der Waals surface area (Å²) in [6.07, 6.45) is 1.47. The Hall–Kier alpha value is -1.79. The van der Waals surface area contributed by atoms with E-state index < -0.39 is 5.97 Å². The van der Waals surface area contributed by atoms with E-state index in [-0.39, 0.29) is 0 Å². The summed E-state index contributed by atoms with van der Waals surface area (Å²) in [5, 5.41) is 4.34. The molecule has 0 fully saturated rings. The number of thiazole rings is 1. The van der Waals surface area contributed by atoms with Gasteiger partial charge in [0.2, 0.25) is 0 Å². The number of benzene rings is 1. The van der Waals surface area contributed by atoms with Gasteiger partial charge >= 0.3 is 5.97 Å². The smallest absolute Gasteiger partial charge is 0.349 e. The highest BCUT2D eigenvalue weighted by Crippen LogP contribution is 2.28. The number of rotatable bonds is 5. The summed E-state index contributed by atoms with van der Waals surface area (Å²) < 4.78 is 9.89. The maximum Gasteiger partial charge on any atom is 0.349 e.